The molecule has 2 bridgehead atoms. The molecule has 4 nitrogen and oxygen atoms in total. The Kier molecular flexibility index (Phi) is 5.54. The van der Waals surface area contributed by atoms with Crippen LogP contribution in [-0.4, -0.2) is 23.5 Å². The first-order valence-electron chi connectivity index (χ1n) is 14.2. The van der Waals surface area contributed by atoms with Crippen molar-refractivity contribution in [2.24, 2.45) is 58.2 Å². The number of hydrogen-bond acceptors (Lipinski definition) is 4. The van der Waals surface area contributed by atoms with Gasteiger partial charge in [0, 0.05) is 29.1 Å². The second kappa shape index (κ2) is 8.25. The van der Waals surface area contributed by atoms with Gasteiger partial charge in [0.2, 0.25) is 0 Å². The highest BCUT2D eigenvalue weighted by Gasteiger charge is 2.68. The summed E-state index contributed by atoms with van der Waals surface area (Å²) in [5, 5.41) is 0. The number of ketones is 3. The quantitative estimate of drug-likeness (QED) is 0.349. The molecule has 0 aromatic heterocycles. The van der Waals surface area contributed by atoms with E-state index in [0.29, 0.717) is 24.2 Å². The summed E-state index contributed by atoms with van der Waals surface area (Å²) in [4.78, 5) is 41.1. The van der Waals surface area contributed by atoms with E-state index in [-0.39, 0.29) is 47.1 Å². The van der Waals surface area contributed by atoms with Crippen LogP contribution in [0.2, 0.25) is 0 Å². The lowest BCUT2D eigenvalue weighted by molar-refractivity contribution is -0.141. The van der Waals surface area contributed by atoms with E-state index < -0.39 is 23.2 Å². The van der Waals surface area contributed by atoms with Crippen LogP contribution in [0.1, 0.15) is 59.4 Å². The van der Waals surface area contributed by atoms with Gasteiger partial charge in [-0.3, -0.25) is 14.4 Å². The fourth-order valence-electron chi connectivity index (χ4n) is 10.1. The topological polar surface area (TPSA) is 60.4 Å². The number of rotatable bonds is 1. The zero-order chi connectivity index (χ0) is 26.4. The summed E-state index contributed by atoms with van der Waals surface area (Å²) in [6.45, 7) is 15.6. The smallest absolute Gasteiger partial charge is 0.151 e. The van der Waals surface area contributed by atoms with Gasteiger partial charge in [-0.15, -0.1) is 6.58 Å². The third-order valence-corrected chi connectivity index (χ3v) is 11.1. The van der Waals surface area contributed by atoms with Crippen LogP contribution < -0.4 is 4.74 Å². The van der Waals surface area contributed by atoms with Crippen LogP contribution in [-0.2, 0) is 20.8 Å². The second-order valence-electron chi connectivity index (χ2n) is 13.6. The predicted octanol–water partition coefficient (Wildman–Crippen LogP) is 6.04. The molecule has 3 fully saturated rings. The van der Waals surface area contributed by atoms with Crippen LogP contribution in [0, 0.1) is 58.2 Å². The first-order chi connectivity index (χ1) is 17.5. The van der Waals surface area contributed by atoms with Crippen molar-refractivity contribution >= 4 is 17.3 Å². The summed E-state index contributed by atoms with van der Waals surface area (Å²) < 4.78 is 6.97. The van der Waals surface area contributed by atoms with Crippen molar-refractivity contribution in [3.05, 3.63) is 54.1 Å². The molecular formula is C33H40O4. The summed E-state index contributed by atoms with van der Waals surface area (Å²) >= 11 is 0. The molecule has 196 valence electrons. The van der Waals surface area contributed by atoms with Crippen LogP contribution in [0.4, 0.5) is 0 Å². The number of allylic oxidation sites excluding steroid dienone is 3. The first-order valence-corrected chi connectivity index (χ1v) is 14.2. The Bertz CT molecular complexity index is 1210. The fraction of sp³-hybridized carbons (Fsp3) is 0.606. The molecular weight excluding hydrogens is 460 g/mol. The number of carbonyl (C=O) groups excluding carboxylic acids is 3. The van der Waals surface area contributed by atoms with Crippen molar-refractivity contribution < 1.29 is 19.1 Å². The van der Waals surface area contributed by atoms with E-state index in [0.717, 1.165) is 24.2 Å². The number of Topliss-reactive ketones (excluding diaryl/α,β-unsaturated/α-hetero) is 3. The van der Waals surface area contributed by atoms with E-state index in [1.807, 2.05) is 30.3 Å². The molecule has 1 aromatic carbocycles. The zero-order valence-electron chi connectivity index (χ0n) is 22.8. The standard InChI is InChI=1S/C33H40O4/c1-7-32(5)16-19(4)27-26-29(32)30(36)25-22(23(34)14-24(25)35)13-20-8-10-21(11-9-20)37-31(26)28-18(3)12-17(2)15-33(27,28)6/h7-11,16-18,22,25-29,31H,1,12-15H2,2-6H3/t17-,18?,22?,25+,26?,27?,28?,29+,31?,32+,33+/m1/s1. The minimum atomic E-state index is -0.879. The Morgan fingerprint density at radius 2 is 1.73 bits per heavy atom. The third-order valence-electron chi connectivity index (χ3n) is 11.1. The summed E-state index contributed by atoms with van der Waals surface area (Å²) in [5.74, 6) is 0.0158. The van der Waals surface area contributed by atoms with Gasteiger partial charge in [0.1, 0.15) is 23.4 Å². The van der Waals surface area contributed by atoms with Gasteiger partial charge in [0.25, 0.3) is 0 Å². The van der Waals surface area contributed by atoms with Gasteiger partial charge < -0.3 is 4.74 Å². The Labute approximate surface area is 220 Å². The van der Waals surface area contributed by atoms with E-state index in [1.54, 1.807) is 0 Å². The van der Waals surface area contributed by atoms with Crippen LogP contribution >= 0.6 is 0 Å². The zero-order valence-corrected chi connectivity index (χ0v) is 22.8. The van der Waals surface area contributed by atoms with Gasteiger partial charge >= 0.3 is 0 Å². The average molecular weight is 501 g/mol. The highest BCUT2D eigenvalue weighted by molar-refractivity contribution is 6.18. The van der Waals surface area contributed by atoms with Crippen LogP contribution in [0.15, 0.2) is 48.6 Å². The molecule has 2 aliphatic heterocycles. The molecule has 4 aliphatic carbocycles. The van der Waals surface area contributed by atoms with E-state index >= 15 is 0 Å². The maximum absolute atomic E-state index is 14.7. The van der Waals surface area contributed by atoms with E-state index in [4.69, 9.17) is 4.74 Å². The highest BCUT2D eigenvalue weighted by Crippen LogP contribution is 2.68. The number of carbonyl (C=O) groups is 3. The number of ether oxygens (including phenoxy) is 1. The van der Waals surface area contributed by atoms with Gasteiger partial charge in [-0.2, -0.15) is 0 Å². The van der Waals surface area contributed by atoms with Crippen molar-refractivity contribution in [1.82, 2.24) is 0 Å². The molecule has 6 unspecified atom stereocenters. The fourth-order valence-corrected chi connectivity index (χ4v) is 10.1. The molecule has 1 aromatic rings. The Morgan fingerprint density at radius 1 is 1.03 bits per heavy atom. The summed E-state index contributed by atoms with van der Waals surface area (Å²) in [5.41, 5.74) is 1.66. The molecule has 0 N–H and O–H groups in total. The molecule has 0 spiro atoms. The molecule has 0 radical (unpaired) electrons. The first kappa shape index (κ1) is 24.8. The normalized spacial score (nSPS) is 46.7. The molecule has 3 saturated carbocycles. The minimum Gasteiger partial charge on any atom is -0.490 e. The van der Waals surface area contributed by atoms with Gasteiger partial charge in [-0.25, -0.2) is 0 Å². The van der Waals surface area contributed by atoms with Gasteiger partial charge in [0.05, 0.1) is 12.3 Å². The lowest BCUT2D eigenvalue weighted by Gasteiger charge is -2.50. The lowest BCUT2D eigenvalue weighted by atomic mass is 9.53. The van der Waals surface area contributed by atoms with Crippen LogP contribution in [0.5, 0.6) is 5.75 Å². The van der Waals surface area contributed by atoms with Gasteiger partial charge in [-0.05, 0) is 67.1 Å². The Hall–Kier alpha value is -2.49. The van der Waals surface area contributed by atoms with Gasteiger partial charge in [0.15, 0.2) is 5.78 Å². The molecule has 0 amide bonds. The maximum atomic E-state index is 14.7. The maximum Gasteiger partial charge on any atom is 0.151 e. The van der Waals surface area contributed by atoms with E-state index in [1.165, 1.54) is 5.57 Å². The molecule has 4 heteroatoms. The second-order valence-corrected chi connectivity index (χ2v) is 13.6. The summed E-state index contributed by atoms with van der Waals surface area (Å²) in [6.07, 6.45) is 6.55. The molecule has 0 saturated heterocycles. The monoisotopic (exact) mass is 500 g/mol. The van der Waals surface area contributed by atoms with Crippen molar-refractivity contribution in [1.29, 1.82) is 0 Å². The van der Waals surface area contributed by atoms with Crippen molar-refractivity contribution in [2.75, 3.05) is 0 Å². The SMILES string of the molecule is C=C[C@@]1(C)C=C(C)C2C3C(Oc4ccc(cc4)CC4C(=O)CC(=O)[C@H]4C(=O)[C@H]31)C1C(C)C[C@@H](C)C[C@@]21C. The molecule has 2 heterocycles. The lowest BCUT2D eigenvalue weighted by Crippen LogP contribution is -2.51. The van der Waals surface area contributed by atoms with E-state index in [2.05, 4.69) is 47.3 Å². The molecule has 6 aliphatic rings. The van der Waals surface area contributed by atoms with Crippen molar-refractivity contribution in [3.63, 3.8) is 0 Å². The Morgan fingerprint density at radius 3 is 2.41 bits per heavy atom. The number of benzene rings is 1. The summed E-state index contributed by atoms with van der Waals surface area (Å²) in [6, 6.07) is 8.04. The van der Waals surface area contributed by atoms with Crippen LogP contribution in [0.3, 0.4) is 0 Å². The number of hydrogen-bond donors (Lipinski definition) is 0. The molecule has 7 rings (SSSR count). The van der Waals surface area contributed by atoms with Gasteiger partial charge in [-0.1, -0.05) is 57.6 Å². The highest BCUT2D eigenvalue weighted by atomic mass is 16.5. The predicted molar refractivity (Wildman–Crippen MR) is 143 cm³/mol. The average Bonchev–Trinajstić information content (AvgIpc) is 3.23. The van der Waals surface area contributed by atoms with E-state index in [9.17, 15) is 14.4 Å². The summed E-state index contributed by atoms with van der Waals surface area (Å²) in [7, 11) is 0. The minimum absolute atomic E-state index is 0.0109. The third kappa shape index (κ3) is 3.43. The van der Waals surface area contributed by atoms with Crippen molar-refractivity contribution in [3.8, 4) is 5.75 Å². The van der Waals surface area contributed by atoms with Crippen molar-refractivity contribution in [2.45, 2.75) is 66.4 Å². The largest absolute Gasteiger partial charge is 0.490 e. The molecule has 11 atom stereocenters. The van der Waals surface area contributed by atoms with Crippen LogP contribution in [0.25, 0.3) is 0 Å². The number of fused-ring (bicyclic) bond motifs is 4. The Balaban J connectivity index is 1.61. The molecule has 37 heavy (non-hydrogen) atoms.